The lowest BCUT2D eigenvalue weighted by Crippen LogP contribution is -2.09. The third kappa shape index (κ3) is 2.51. The molecule has 2 rings (SSSR count). The Morgan fingerprint density at radius 3 is 2.37 bits per heavy atom. The summed E-state index contributed by atoms with van der Waals surface area (Å²) in [6, 6.07) is 6.68. The van der Waals surface area contributed by atoms with Crippen molar-refractivity contribution < 1.29 is 18.0 Å². The molecule has 0 fully saturated rings. The van der Waals surface area contributed by atoms with Gasteiger partial charge < -0.3 is 0 Å². The van der Waals surface area contributed by atoms with Crippen molar-refractivity contribution in [3.05, 3.63) is 68.0 Å². The smallest absolute Gasteiger partial charge is 0.197 e. The minimum absolute atomic E-state index is 0.269. The van der Waals surface area contributed by atoms with Gasteiger partial charge in [0.1, 0.15) is 0 Å². The van der Waals surface area contributed by atoms with Crippen LogP contribution >= 0.6 is 22.6 Å². The van der Waals surface area contributed by atoms with E-state index in [0.717, 1.165) is 17.7 Å². The zero-order valence-electron chi connectivity index (χ0n) is 9.81. The van der Waals surface area contributed by atoms with Crippen LogP contribution in [0.3, 0.4) is 0 Å². The summed E-state index contributed by atoms with van der Waals surface area (Å²) in [4.78, 5) is 12.2. The molecule has 2 aromatic carbocycles. The van der Waals surface area contributed by atoms with Crippen molar-refractivity contribution in [3.63, 3.8) is 0 Å². The van der Waals surface area contributed by atoms with Crippen LogP contribution in [0.2, 0.25) is 0 Å². The first-order chi connectivity index (χ1) is 8.93. The van der Waals surface area contributed by atoms with E-state index in [0.29, 0.717) is 3.57 Å². The summed E-state index contributed by atoms with van der Waals surface area (Å²) in [6.07, 6.45) is 0. The van der Waals surface area contributed by atoms with E-state index in [1.807, 2.05) is 22.6 Å². The van der Waals surface area contributed by atoms with Crippen molar-refractivity contribution in [3.8, 4) is 0 Å². The Hall–Kier alpha value is -1.37. The maximum atomic E-state index is 13.6. The number of hydrogen-bond acceptors (Lipinski definition) is 1. The second kappa shape index (κ2) is 5.32. The molecular formula is C14H8F3IO. The van der Waals surface area contributed by atoms with Crippen LogP contribution in [0.25, 0.3) is 0 Å². The number of halogens is 4. The second-order valence-corrected chi connectivity index (χ2v) is 5.07. The molecule has 0 radical (unpaired) electrons. The molecule has 0 aliphatic carbocycles. The predicted molar refractivity (Wildman–Crippen MR) is 73.6 cm³/mol. The van der Waals surface area contributed by atoms with Gasteiger partial charge in [0, 0.05) is 9.13 Å². The number of aryl methyl sites for hydroxylation is 1. The fraction of sp³-hybridized carbons (Fsp3) is 0.0714. The van der Waals surface area contributed by atoms with Gasteiger partial charge in [0.25, 0.3) is 0 Å². The SMILES string of the molecule is Cc1cccc(C(=O)c2ccc(F)c(F)c2F)c1I. The first-order valence-corrected chi connectivity index (χ1v) is 6.44. The van der Waals surface area contributed by atoms with Gasteiger partial charge in [-0.1, -0.05) is 12.1 Å². The van der Waals surface area contributed by atoms with Gasteiger partial charge in [-0.25, -0.2) is 13.2 Å². The van der Waals surface area contributed by atoms with Crippen LogP contribution in [0, 0.1) is 27.9 Å². The van der Waals surface area contributed by atoms with E-state index in [1.165, 1.54) is 6.07 Å². The van der Waals surface area contributed by atoms with Crippen molar-refractivity contribution in [2.24, 2.45) is 0 Å². The highest BCUT2D eigenvalue weighted by atomic mass is 127. The summed E-state index contributed by atoms with van der Waals surface area (Å²) in [7, 11) is 0. The van der Waals surface area contributed by atoms with Gasteiger partial charge in [-0.3, -0.25) is 4.79 Å². The zero-order valence-corrected chi connectivity index (χ0v) is 12.0. The summed E-state index contributed by atoms with van der Waals surface area (Å²) in [5.41, 5.74) is 0.655. The average Bonchev–Trinajstić information content (AvgIpc) is 2.39. The second-order valence-electron chi connectivity index (χ2n) is 3.99. The fourth-order valence-corrected chi connectivity index (χ4v) is 2.27. The van der Waals surface area contributed by atoms with Crippen molar-refractivity contribution in [2.75, 3.05) is 0 Å². The summed E-state index contributed by atoms with van der Waals surface area (Å²) < 4.78 is 40.2. The van der Waals surface area contributed by atoms with E-state index in [2.05, 4.69) is 0 Å². The minimum atomic E-state index is -1.63. The number of benzene rings is 2. The van der Waals surface area contributed by atoms with Crippen molar-refractivity contribution >= 4 is 28.4 Å². The van der Waals surface area contributed by atoms with E-state index >= 15 is 0 Å². The maximum absolute atomic E-state index is 13.6. The Morgan fingerprint density at radius 2 is 1.68 bits per heavy atom. The van der Waals surface area contributed by atoms with Crippen LogP contribution in [0.4, 0.5) is 13.2 Å². The molecule has 0 aliphatic heterocycles. The predicted octanol–water partition coefficient (Wildman–Crippen LogP) is 4.25. The number of rotatable bonds is 2. The molecule has 0 amide bonds. The monoisotopic (exact) mass is 376 g/mol. The molecule has 0 bridgehead atoms. The van der Waals surface area contributed by atoms with E-state index in [1.54, 1.807) is 19.1 Å². The van der Waals surface area contributed by atoms with Crippen LogP contribution in [0.1, 0.15) is 21.5 Å². The van der Waals surface area contributed by atoms with Crippen LogP contribution in [0.15, 0.2) is 30.3 Å². The first kappa shape index (κ1) is 14.0. The molecule has 98 valence electrons. The Labute approximate surface area is 121 Å². The molecule has 1 nitrogen and oxygen atoms in total. The van der Waals surface area contributed by atoms with Gasteiger partial charge in [0.2, 0.25) is 0 Å². The van der Waals surface area contributed by atoms with Crippen molar-refractivity contribution in [1.82, 2.24) is 0 Å². The largest absolute Gasteiger partial charge is 0.288 e. The van der Waals surface area contributed by atoms with E-state index in [4.69, 9.17) is 0 Å². The van der Waals surface area contributed by atoms with Crippen LogP contribution in [-0.4, -0.2) is 5.78 Å². The van der Waals surface area contributed by atoms with Crippen LogP contribution in [-0.2, 0) is 0 Å². The Bertz CT molecular complexity index is 668. The number of carbonyl (C=O) groups excluding carboxylic acids is 1. The number of ketones is 1. The lowest BCUT2D eigenvalue weighted by Gasteiger charge is -2.07. The lowest BCUT2D eigenvalue weighted by molar-refractivity contribution is 0.103. The van der Waals surface area contributed by atoms with E-state index in [9.17, 15) is 18.0 Å². The number of hydrogen-bond donors (Lipinski definition) is 0. The molecule has 0 unspecified atom stereocenters. The van der Waals surface area contributed by atoms with Gasteiger partial charge in [0.05, 0.1) is 5.56 Å². The normalized spacial score (nSPS) is 10.6. The van der Waals surface area contributed by atoms with Crippen molar-refractivity contribution in [1.29, 1.82) is 0 Å². The number of carbonyl (C=O) groups is 1. The molecule has 0 heterocycles. The highest BCUT2D eigenvalue weighted by Gasteiger charge is 2.21. The topological polar surface area (TPSA) is 17.1 Å². The van der Waals surface area contributed by atoms with Crippen LogP contribution in [0.5, 0.6) is 0 Å². The molecule has 0 N–H and O–H groups in total. The Kier molecular flexibility index (Phi) is 3.93. The summed E-state index contributed by atoms with van der Waals surface area (Å²) >= 11 is 1.96. The molecule has 5 heteroatoms. The highest BCUT2D eigenvalue weighted by Crippen LogP contribution is 2.23. The molecular weight excluding hydrogens is 368 g/mol. The third-order valence-electron chi connectivity index (χ3n) is 2.72. The van der Waals surface area contributed by atoms with E-state index < -0.39 is 28.8 Å². The molecule has 0 aliphatic rings. The maximum Gasteiger partial charge on any atom is 0.197 e. The zero-order chi connectivity index (χ0) is 14.2. The Balaban J connectivity index is 2.57. The summed E-state index contributed by atoms with van der Waals surface area (Å²) in [5.74, 6) is -5.06. The van der Waals surface area contributed by atoms with Crippen LogP contribution < -0.4 is 0 Å². The molecule has 2 aromatic rings. The van der Waals surface area contributed by atoms with Gasteiger partial charge in [0.15, 0.2) is 23.2 Å². The Morgan fingerprint density at radius 1 is 1.00 bits per heavy atom. The van der Waals surface area contributed by atoms with Crippen molar-refractivity contribution in [2.45, 2.75) is 6.92 Å². The lowest BCUT2D eigenvalue weighted by atomic mass is 10.0. The summed E-state index contributed by atoms with van der Waals surface area (Å²) in [6.45, 7) is 1.81. The molecule has 0 spiro atoms. The standard InChI is InChI=1S/C14H8F3IO/c1-7-3-2-4-9(13(7)18)14(19)8-5-6-10(15)12(17)11(8)16/h2-6H,1H3. The third-order valence-corrected chi connectivity index (χ3v) is 4.15. The summed E-state index contributed by atoms with van der Waals surface area (Å²) in [5, 5.41) is 0. The molecule has 19 heavy (non-hydrogen) atoms. The highest BCUT2D eigenvalue weighted by molar-refractivity contribution is 14.1. The van der Waals surface area contributed by atoms with E-state index in [-0.39, 0.29) is 5.56 Å². The molecule has 0 aromatic heterocycles. The minimum Gasteiger partial charge on any atom is -0.288 e. The average molecular weight is 376 g/mol. The van der Waals surface area contributed by atoms with Gasteiger partial charge in [-0.15, -0.1) is 0 Å². The molecule has 0 saturated heterocycles. The fourth-order valence-electron chi connectivity index (χ4n) is 1.67. The van der Waals surface area contributed by atoms with Gasteiger partial charge >= 0.3 is 0 Å². The molecule has 0 atom stereocenters. The first-order valence-electron chi connectivity index (χ1n) is 5.36. The molecule has 0 saturated carbocycles. The van der Waals surface area contributed by atoms with Gasteiger partial charge in [-0.2, -0.15) is 0 Å². The van der Waals surface area contributed by atoms with Gasteiger partial charge in [-0.05, 0) is 53.3 Å². The quantitative estimate of drug-likeness (QED) is 0.435.